The first kappa shape index (κ1) is 15.1. The summed E-state index contributed by atoms with van der Waals surface area (Å²) >= 11 is 6.06. The Balaban J connectivity index is 1.98. The van der Waals surface area contributed by atoms with Crippen LogP contribution in [0.2, 0.25) is 5.02 Å². The maximum absolute atomic E-state index is 11.9. The van der Waals surface area contributed by atoms with E-state index < -0.39 is 0 Å². The van der Waals surface area contributed by atoms with Gasteiger partial charge in [0.2, 0.25) is 0 Å². The van der Waals surface area contributed by atoms with Crippen molar-refractivity contribution in [2.24, 2.45) is 0 Å². The molecule has 2 aromatic rings. The van der Waals surface area contributed by atoms with Gasteiger partial charge in [0.1, 0.15) is 0 Å². The number of nitrogens with zero attached hydrogens (tertiary/aromatic N) is 1. The van der Waals surface area contributed by atoms with Gasteiger partial charge in [-0.3, -0.25) is 4.98 Å². The van der Waals surface area contributed by atoms with Crippen LogP contribution in [-0.2, 0) is 6.54 Å². The van der Waals surface area contributed by atoms with Gasteiger partial charge in [-0.25, -0.2) is 4.79 Å². The number of rotatable bonds is 5. The van der Waals surface area contributed by atoms with E-state index in [-0.39, 0.29) is 6.03 Å². The highest BCUT2D eigenvalue weighted by Gasteiger charge is 2.10. The third kappa shape index (κ3) is 4.36. The molecular formula is C15H16ClN3O2. The number of aromatic nitrogens is 1. The predicted octanol–water partition coefficient (Wildman–Crippen LogP) is 3.46. The van der Waals surface area contributed by atoms with E-state index in [1.807, 2.05) is 25.1 Å². The van der Waals surface area contributed by atoms with Crippen molar-refractivity contribution in [3.8, 4) is 5.75 Å². The van der Waals surface area contributed by atoms with Crippen LogP contribution in [0.3, 0.4) is 0 Å². The summed E-state index contributed by atoms with van der Waals surface area (Å²) in [5.74, 6) is 0.467. The summed E-state index contributed by atoms with van der Waals surface area (Å²) in [5, 5.41) is 5.90. The fraction of sp³-hybridized carbons (Fsp3) is 0.200. The Bertz CT molecular complexity index is 605. The van der Waals surface area contributed by atoms with E-state index in [1.165, 1.54) is 0 Å². The Labute approximate surface area is 128 Å². The lowest BCUT2D eigenvalue weighted by Crippen LogP contribution is -2.28. The molecule has 2 amide bonds. The van der Waals surface area contributed by atoms with Gasteiger partial charge in [0.25, 0.3) is 0 Å². The SMILES string of the molecule is CCOc1c(Cl)cccc1NC(=O)NCc1ccccn1. The lowest BCUT2D eigenvalue weighted by molar-refractivity contribution is 0.251. The number of hydrogen-bond donors (Lipinski definition) is 2. The molecule has 6 heteroatoms. The number of carbonyl (C=O) groups excluding carboxylic acids is 1. The zero-order valence-corrected chi connectivity index (χ0v) is 12.4. The Morgan fingerprint density at radius 3 is 2.86 bits per heavy atom. The van der Waals surface area contributed by atoms with E-state index in [2.05, 4.69) is 15.6 Å². The minimum atomic E-state index is -0.344. The van der Waals surface area contributed by atoms with Gasteiger partial charge in [-0.05, 0) is 31.2 Å². The highest BCUT2D eigenvalue weighted by atomic mass is 35.5. The molecule has 0 spiro atoms. The van der Waals surface area contributed by atoms with Crippen LogP contribution in [0.5, 0.6) is 5.75 Å². The Hall–Kier alpha value is -2.27. The number of anilines is 1. The maximum atomic E-state index is 11.9. The molecule has 2 N–H and O–H groups in total. The molecule has 0 atom stereocenters. The van der Waals surface area contributed by atoms with Crippen molar-refractivity contribution in [3.63, 3.8) is 0 Å². The number of urea groups is 1. The first-order valence-electron chi connectivity index (χ1n) is 6.56. The van der Waals surface area contributed by atoms with Gasteiger partial charge in [0.15, 0.2) is 5.75 Å². The van der Waals surface area contributed by atoms with Gasteiger partial charge >= 0.3 is 6.03 Å². The molecule has 0 saturated heterocycles. The number of halogens is 1. The molecule has 0 unspecified atom stereocenters. The Morgan fingerprint density at radius 1 is 1.29 bits per heavy atom. The van der Waals surface area contributed by atoms with Crippen LogP contribution in [0, 0.1) is 0 Å². The van der Waals surface area contributed by atoms with Crippen molar-refractivity contribution in [1.82, 2.24) is 10.3 Å². The Kier molecular flexibility index (Phi) is 5.40. The summed E-state index contributed by atoms with van der Waals surface area (Å²) in [4.78, 5) is 16.0. The number of nitrogens with one attached hydrogen (secondary N) is 2. The molecule has 0 aliphatic heterocycles. The second-order valence-corrected chi connectivity index (χ2v) is 4.59. The van der Waals surface area contributed by atoms with Crippen LogP contribution in [0.15, 0.2) is 42.6 Å². The van der Waals surface area contributed by atoms with Crippen molar-refractivity contribution in [1.29, 1.82) is 0 Å². The first-order valence-corrected chi connectivity index (χ1v) is 6.94. The maximum Gasteiger partial charge on any atom is 0.319 e. The van der Waals surface area contributed by atoms with Crippen molar-refractivity contribution in [2.45, 2.75) is 13.5 Å². The van der Waals surface area contributed by atoms with E-state index in [1.54, 1.807) is 24.4 Å². The smallest absolute Gasteiger partial charge is 0.319 e. The molecule has 0 aliphatic carbocycles. The number of amides is 2. The quantitative estimate of drug-likeness (QED) is 0.889. The zero-order valence-electron chi connectivity index (χ0n) is 11.6. The summed E-state index contributed by atoms with van der Waals surface area (Å²) in [6.07, 6.45) is 1.68. The van der Waals surface area contributed by atoms with Gasteiger partial charge in [-0.1, -0.05) is 23.7 Å². The van der Waals surface area contributed by atoms with Gasteiger partial charge in [0, 0.05) is 6.20 Å². The minimum absolute atomic E-state index is 0.344. The zero-order chi connectivity index (χ0) is 15.1. The summed E-state index contributed by atoms with van der Waals surface area (Å²) in [6.45, 7) is 2.67. The standard InChI is InChI=1S/C15H16ClN3O2/c1-2-21-14-12(16)7-5-8-13(14)19-15(20)18-10-11-6-3-4-9-17-11/h3-9H,2,10H2,1H3,(H2,18,19,20). The molecule has 0 fully saturated rings. The van der Waals surface area contributed by atoms with Gasteiger partial charge in [-0.2, -0.15) is 0 Å². The molecule has 5 nitrogen and oxygen atoms in total. The summed E-state index contributed by atoms with van der Waals surface area (Å²) in [5.41, 5.74) is 1.31. The van der Waals surface area contributed by atoms with Gasteiger partial charge < -0.3 is 15.4 Å². The van der Waals surface area contributed by atoms with Gasteiger partial charge in [-0.15, -0.1) is 0 Å². The average molecular weight is 306 g/mol. The lowest BCUT2D eigenvalue weighted by Gasteiger charge is -2.13. The molecule has 0 radical (unpaired) electrons. The molecule has 0 bridgehead atoms. The normalized spacial score (nSPS) is 10.0. The fourth-order valence-corrected chi connectivity index (χ4v) is 1.97. The van der Waals surface area contributed by atoms with Crippen LogP contribution in [0.4, 0.5) is 10.5 Å². The average Bonchev–Trinajstić information content (AvgIpc) is 2.50. The van der Waals surface area contributed by atoms with Crippen molar-refractivity contribution >= 4 is 23.3 Å². The van der Waals surface area contributed by atoms with E-state index >= 15 is 0 Å². The first-order chi connectivity index (χ1) is 10.2. The molecule has 1 heterocycles. The molecule has 21 heavy (non-hydrogen) atoms. The van der Waals surface area contributed by atoms with E-state index in [9.17, 15) is 4.79 Å². The van der Waals surface area contributed by atoms with Crippen LogP contribution in [-0.4, -0.2) is 17.6 Å². The summed E-state index contributed by atoms with van der Waals surface area (Å²) in [6, 6.07) is 10.4. The van der Waals surface area contributed by atoms with Crippen LogP contribution >= 0.6 is 11.6 Å². The molecular weight excluding hydrogens is 290 g/mol. The van der Waals surface area contributed by atoms with Crippen LogP contribution < -0.4 is 15.4 Å². The lowest BCUT2D eigenvalue weighted by atomic mass is 10.3. The van der Waals surface area contributed by atoms with Crippen molar-refractivity contribution in [2.75, 3.05) is 11.9 Å². The minimum Gasteiger partial charge on any atom is -0.490 e. The molecule has 0 saturated carbocycles. The van der Waals surface area contributed by atoms with Crippen LogP contribution in [0.25, 0.3) is 0 Å². The Morgan fingerprint density at radius 2 is 2.14 bits per heavy atom. The number of benzene rings is 1. The molecule has 1 aromatic heterocycles. The third-order valence-corrected chi connectivity index (χ3v) is 2.96. The number of para-hydroxylation sites is 1. The fourth-order valence-electron chi connectivity index (χ4n) is 1.74. The van der Waals surface area contributed by atoms with E-state index in [0.717, 1.165) is 5.69 Å². The van der Waals surface area contributed by atoms with Crippen LogP contribution in [0.1, 0.15) is 12.6 Å². The molecule has 110 valence electrons. The topological polar surface area (TPSA) is 63.2 Å². The monoisotopic (exact) mass is 305 g/mol. The summed E-state index contributed by atoms with van der Waals surface area (Å²) < 4.78 is 5.44. The third-order valence-electron chi connectivity index (χ3n) is 2.66. The molecule has 0 aliphatic rings. The molecule has 2 rings (SSSR count). The highest BCUT2D eigenvalue weighted by Crippen LogP contribution is 2.32. The van der Waals surface area contributed by atoms with Gasteiger partial charge in [0.05, 0.1) is 29.6 Å². The summed E-state index contributed by atoms with van der Waals surface area (Å²) in [7, 11) is 0. The molecule has 1 aromatic carbocycles. The number of ether oxygens (including phenoxy) is 1. The number of carbonyl (C=O) groups is 1. The number of hydrogen-bond acceptors (Lipinski definition) is 3. The predicted molar refractivity (Wildman–Crippen MR) is 82.7 cm³/mol. The van der Waals surface area contributed by atoms with Crippen molar-refractivity contribution in [3.05, 3.63) is 53.3 Å². The van der Waals surface area contributed by atoms with E-state index in [4.69, 9.17) is 16.3 Å². The second kappa shape index (κ2) is 7.50. The second-order valence-electron chi connectivity index (χ2n) is 4.18. The largest absolute Gasteiger partial charge is 0.490 e. The van der Waals surface area contributed by atoms with E-state index in [0.29, 0.717) is 29.6 Å². The number of pyridine rings is 1. The van der Waals surface area contributed by atoms with Crippen molar-refractivity contribution < 1.29 is 9.53 Å². The highest BCUT2D eigenvalue weighted by molar-refractivity contribution is 6.32.